The van der Waals surface area contributed by atoms with E-state index in [0.717, 1.165) is 53.6 Å². The van der Waals surface area contributed by atoms with Crippen LogP contribution in [0.15, 0.2) is 66.9 Å². The maximum Gasteiger partial charge on any atom is 0.416 e. The molecule has 1 aliphatic heterocycles. The summed E-state index contributed by atoms with van der Waals surface area (Å²) in [5, 5.41) is 11.3. The fourth-order valence-corrected chi connectivity index (χ4v) is 6.17. The summed E-state index contributed by atoms with van der Waals surface area (Å²) in [7, 11) is 1.36. The molecule has 256 valence electrons. The number of hydrogen-bond donors (Lipinski definition) is 1. The number of likely N-dealkylation sites (N-methyl/N-ethyl adjacent to an activating group) is 1. The highest BCUT2D eigenvalue weighted by molar-refractivity contribution is 6.42. The van der Waals surface area contributed by atoms with Gasteiger partial charge in [0.1, 0.15) is 0 Å². The van der Waals surface area contributed by atoms with Crippen molar-refractivity contribution in [3.8, 4) is 0 Å². The van der Waals surface area contributed by atoms with Crippen LogP contribution in [0.4, 0.5) is 32.0 Å². The standard InChI is InChI=1S/C33H32Cl2F6N6O/c1-45(31(48)24-14-25(32(36,37)38)18-26(15-24)33(39,40)41)20-23(21-6-7-28(34)29(35)17-21)8-9-46-10-12-47(13-11-46)30-5-3-2-4-22(30)16-27-19-42-44-43-27/h2-7,14-15,17-19,23H,8-13,16,20H2,1H3,(H,42,43,44)/t23-/m1/s1. The molecule has 1 aliphatic rings. The molecule has 1 fully saturated rings. The molecule has 0 saturated carbocycles. The van der Waals surface area contributed by atoms with E-state index in [1.54, 1.807) is 24.4 Å². The van der Waals surface area contributed by atoms with Crippen LogP contribution >= 0.6 is 23.2 Å². The molecule has 1 saturated heterocycles. The Kier molecular flexibility index (Phi) is 10.9. The lowest BCUT2D eigenvalue weighted by Gasteiger charge is -2.37. The van der Waals surface area contributed by atoms with E-state index in [9.17, 15) is 31.1 Å². The molecular weight excluding hydrogens is 681 g/mol. The van der Waals surface area contributed by atoms with Crippen LogP contribution in [0.5, 0.6) is 0 Å². The van der Waals surface area contributed by atoms with Crippen molar-refractivity contribution >= 4 is 34.8 Å². The van der Waals surface area contributed by atoms with Gasteiger partial charge in [-0.2, -0.15) is 41.8 Å². The molecule has 0 bridgehead atoms. The maximum absolute atomic E-state index is 13.5. The summed E-state index contributed by atoms with van der Waals surface area (Å²) in [6.07, 6.45) is -7.26. The molecule has 2 heterocycles. The molecule has 3 aromatic carbocycles. The SMILES string of the molecule is CN(C[C@@H](CCN1CCN(c2ccccc2Cc2cn[nH]n2)CC1)c1ccc(Cl)c(Cl)c1)C(=O)c1cc(C(F)(F)F)cc(C(F)(F)F)c1. The minimum absolute atomic E-state index is 0.00432. The average Bonchev–Trinajstić information content (AvgIpc) is 3.56. The number of rotatable bonds is 10. The van der Waals surface area contributed by atoms with Crippen LogP contribution in [0, 0.1) is 0 Å². The Morgan fingerprint density at radius 1 is 0.917 bits per heavy atom. The van der Waals surface area contributed by atoms with E-state index in [-0.39, 0.29) is 18.5 Å². The summed E-state index contributed by atoms with van der Waals surface area (Å²) in [6, 6.07) is 14.1. The van der Waals surface area contributed by atoms with Crippen molar-refractivity contribution in [1.29, 1.82) is 0 Å². The zero-order chi connectivity index (χ0) is 34.6. The molecule has 0 aliphatic carbocycles. The summed E-state index contributed by atoms with van der Waals surface area (Å²) < 4.78 is 80.8. The third-order valence-electron chi connectivity index (χ3n) is 8.43. The predicted octanol–water partition coefficient (Wildman–Crippen LogP) is 7.81. The fourth-order valence-electron chi connectivity index (χ4n) is 5.87. The number of carbonyl (C=O) groups is 1. The Bertz CT molecular complexity index is 1680. The van der Waals surface area contributed by atoms with Gasteiger partial charge in [0.25, 0.3) is 5.91 Å². The Morgan fingerprint density at radius 2 is 1.58 bits per heavy atom. The first-order valence-corrected chi connectivity index (χ1v) is 15.8. The topological polar surface area (TPSA) is 68.4 Å². The van der Waals surface area contributed by atoms with Crippen LogP contribution in [0.2, 0.25) is 10.0 Å². The number of nitrogens with zero attached hydrogens (tertiary/aromatic N) is 5. The lowest BCUT2D eigenvalue weighted by Crippen LogP contribution is -2.47. The van der Waals surface area contributed by atoms with E-state index in [1.165, 1.54) is 7.05 Å². The number of alkyl halides is 6. The highest BCUT2D eigenvalue weighted by atomic mass is 35.5. The van der Waals surface area contributed by atoms with Crippen molar-refractivity contribution in [3.63, 3.8) is 0 Å². The van der Waals surface area contributed by atoms with Crippen molar-refractivity contribution in [2.75, 3.05) is 51.2 Å². The number of carbonyl (C=O) groups excluding carboxylic acids is 1. The molecular formula is C33H32Cl2F6N6O. The third kappa shape index (κ3) is 8.80. The van der Waals surface area contributed by atoms with Crippen LogP contribution in [-0.2, 0) is 18.8 Å². The molecule has 7 nitrogen and oxygen atoms in total. The quantitative estimate of drug-likeness (QED) is 0.170. The maximum atomic E-state index is 13.5. The van der Waals surface area contributed by atoms with Gasteiger partial charge in [-0.3, -0.25) is 9.69 Å². The molecule has 15 heteroatoms. The van der Waals surface area contributed by atoms with Gasteiger partial charge in [-0.15, -0.1) is 0 Å². The van der Waals surface area contributed by atoms with Crippen molar-refractivity contribution < 1.29 is 31.1 Å². The smallest absolute Gasteiger partial charge is 0.369 e. The van der Waals surface area contributed by atoms with Crippen molar-refractivity contribution in [2.45, 2.75) is 31.1 Å². The van der Waals surface area contributed by atoms with E-state index in [0.29, 0.717) is 41.6 Å². The lowest BCUT2D eigenvalue weighted by atomic mass is 9.94. The van der Waals surface area contributed by atoms with Crippen molar-refractivity contribution in [3.05, 3.63) is 110 Å². The number of aromatic nitrogens is 3. The number of anilines is 1. The molecule has 1 aromatic heterocycles. The molecule has 1 N–H and O–H groups in total. The van der Waals surface area contributed by atoms with Gasteiger partial charge in [0.05, 0.1) is 33.1 Å². The van der Waals surface area contributed by atoms with Crippen LogP contribution in [0.1, 0.15) is 50.6 Å². The molecule has 5 rings (SSSR count). The van der Waals surface area contributed by atoms with Gasteiger partial charge >= 0.3 is 12.4 Å². The van der Waals surface area contributed by atoms with E-state index in [4.69, 9.17) is 23.2 Å². The molecule has 1 amide bonds. The Labute approximate surface area is 283 Å². The Hall–Kier alpha value is -3.81. The second kappa shape index (κ2) is 14.8. The number of hydrogen-bond acceptors (Lipinski definition) is 5. The minimum Gasteiger partial charge on any atom is -0.369 e. The third-order valence-corrected chi connectivity index (χ3v) is 9.16. The number of halogens is 8. The van der Waals surface area contributed by atoms with Gasteiger partial charge in [-0.05, 0) is 60.5 Å². The number of nitrogens with one attached hydrogen (secondary N) is 1. The van der Waals surface area contributed by atoms with Crippen LogP contribution in [0.25, 0.3) is 0 Å². The van der Waals surface area contributed by atoms with Crippen molar-refractivity contribution in [1.82, 2.24) is 25.2 Å². The number of aromatic amines is 1. The number of piperazine rings is 1. The highest BCUT2D eigenvalue weighted by Crippen LogP contribution is 2.37. The number of benzene rings is 3. The van der Waals surface area contributed by atoms with Crippen LogP contribution < -0.4 is 4.90 Å². The number of amides is 1. The summed E-state index contributed by atoms with van der Waals surface area (Å²) in [4.78, 5) is 19.1. The lowest BCUT2D eigenvalue weighted by molar-refractivity contribution is -0.143. The molecule has 1 atom stereocenters. The van der Waals surface area contributed by atoms with Crippen LogP contribution in [0.3, 0.4) is 0 Å². The number of H-pyrrole nitrogens is 1. The minimum atomic E-state index is -5.07. The van der Waals surface area contributed by atoms with Gasteiger partial charge in [-0.1, -0.05) is 47.5 Å². The summed E-state index contributed by atoms with van der Waals surface area (Å²) in [5.74, 6) is -1.31. The first-order valence-electron chi connectivity index (χ1n) is 15.1. The highest BCUT2D eigenvalue weighted by Gasteiger charge is 2.38. The first-order chi connectivity index (χ1) is 22.7. The van der Waals surface area contributed by atoms with E-state index >= 15 is 0 Å². The summed E-state index contributed by atoms with van der Waals surface area (Å²) in [6.45, 7) is 3.69. The zero-order valence-corrected chi connectivity index (χ0v) is 27.3. The van der Waals surface area contributed by atoms with Crippen molar-refractivity contribution in [2.24, 2.45) is 0 Å². The van der Waals surface area contributed by atoms with E-state index in [2.05, 4.69) is 37.3 Å². The molecule has 4 aromatic rings. The van der Waals surface area contributed by atoms with Crippen LogP contribution in [-0.4, -0.2) is 77.4 Å². The molecule has 0 spiro atoms. The number of para-hydroxylation sites is 1. The van der Waals surface area contributed by atoms with Gasteiger partial charge < -0.3 is 9.80 Å². The van der Waals surface area contributed by atoms with Gasteiger partial charge in [0, 0.05) is 63.4 Å². The fraction of sp³-hybridized carbons (Fsp3) is 0.364. The monoisotopic (exact) mass is 712 g/mol. The van der Waals surface area contributed by atoms with E-state index < -0.39 is 35.0 Å². The molecule has 0 radical (unpaired) electrons. The summed E-state index contributed by atoms with van der Waals surface area (Å²) >= 11 is 12.4. The average molecular weight is 714 g/mol. The van der Waals surface area contributed by atoms with E-state index in [1.807, 2.05) is 12.1 Å². The predicted molar refractivity (Wildman–Crippen MR) is 172 cm³/mol. The molecule has 48 heavy (non-hydrogen) atoms. The Balaban J connectivity index is 1.28. The summed E-state index contributed by atoms with van der Waals surface area (Å²) in [5.41, 5.74) is 0.0429. The Morgan fingerprint density at radius 3 is 2.19 bits per heavy atom. The molecule has 0 unspecified atom stereocenters. The largest absolute Gasteiger partial charge is 0.416 e. The zero-order valence-electron chi connectivity index (χ0n) is 25.8. The van der Waals surface area contributed by atoms with Gasteiger partial charge in [0.15, 0.2) is 0 Å². The second-order valence-electron chi connectivity index (χ2n) is 11.7. The second-order valence-corrected chi connectivity index (χ2v) is 12.5. The van der Waals surface area contributed by atoms with Gasteiger partial charge in [-0.25, -0.2) is 0 Å². The normalized spacial score (nSPS) is 15.1. The van der Waals surface area contributed by atoms with Gasteiger partial charge in [0.2, 0.25) is 0 Å². The first kappa shape index (κ1) is 35.5.